The van der Waals surface area contributed by atoms with Crippen molar-refractivity contribution < 1.29 is 0 Å². The van der Waals surface area contributed by atoms with Gasteiger partial charge in [0.1, 0.15) is 0 Å². The Bertz CT molecular complexity index is 2580. The van der Waals surface area contributed by atoms with Crippen molar-refractivity contribution in [2.75, 3.05) is 0 Å². The van der Waals surface area contributed by atoms with E-state index in [9.17, 15) is 15.8 Å². The molecule has 1 aromatic heterocycles. The van der Waals surface area contributed by atoms with Crippen LogP contribution in [0.25, 0.3) is 38.6 Å². The molecule has 0 atom stereocenters. The summed E-state index contributed by atoms with van der Waals surface area (Å²) in [7, 11) is -2.95. The normalized spacial score (nSPS) is 11.1. The van der Waals surface area contributed by atoms with Crippen LogP contribution in [0.3, 0.4) is 0 Å². The zero-order valence-corrected chi connectivity index (χ0v) is 28.0. The van der Waals surface area contributed by atoms with E-state index < -0.39 is 8.07 Å². The van der Waals surface area contributed by atoms with Gasteiger partial charge in [0.05, 0.1) is 51.6 Å². The van der Waals surface area contributed by atoms with Gasteiger partial charge in [0.15, 0.2) is 8.07 Å². The highest BCUT2D eigenvalue weighted by atomic mass is 28.3. The molecule has 0 amide bonds. The lowest BCUT2D eigenvalue weighted by Crippen LogP contribution is -2.74. The molecule has 0 saturated carbocycles. The zero-order chi connectivity index (χ0) is 34.1. The average molecular weight is 653 g/mol. The fraction of sp³-hybridized carbons (Fsp3) is 0. The maximum absolute atomic E-state index is 10.6. The second-order valence-electron chi connectivity index (χ2n) is 12.3. The summed E-state index contributed by atoms with van der Waals surface area (Å²) in [6, 6.07) is 65.0. The number of rotatable bonds is 6. The van der Waals surface area contributed by atoms with Crippen molar-refractivity contribution in [1.82, 2.24) is 4.57 Å². The maximum Gasteiger partial charge on any atom is 0.179 e. The van der Waals surface area contributed by atoms with Gasteiger partial charge in [0, 0.05) is 16.3 Å². The highest BCUT2D eigenvalue weighted by molar-refractivity contribution is 7.19. The minimum atomic E-state index is -2.95. The molecule has 5 heteroatoms. The Kier molecular flexibility index (Phi) is 7.63. The Balaban J connectivity index is 1.48. The number of para-hydroxylation sites is 1. The van der Waals surface area contributed by atoms with Crippen LogP contribution in [-0.4, -0.2) is 12.6 Å². The zero-order valence-electron chi connectivity index (χ0n) is 27.0. The predicted octanol–water partition coefficient (Wildman–Crippen LogP) is 7.44. The van der Waals surface area contributed by atoms with Crippen LogP contribution < -0.4 is 20.7 Å². The van der Waals surface area contributed by atoms with Crippen molar-refractivity contribution in [2.24, 2.45) is 0 Å². The van der Waals surface area contributed by atoms with Gasteiger partial charge in [-0.2, -0.15) is 15.8 Å². The van der Waals surface area contributed by atoms with Gasteiger partial charge in [0.25, 0.3) is 0 Å². The topological polar surface area (TPSA) is 76.3 Å². The molecule has 0 radical (unpaired) electrons. The van der Waals surface area contributed by atoms with Crippen LogP contribution in [0.15, 0.2) is 170 Å². The van der Waals surface area contributed by atoms with Crippen molar-refractivity contribution in [3.63, 3.8) is 0 Å². The molecule has 50 heavy (non-hydrogen) atoms. The summed E-state index contributed by atoms with van der Waals surface area (Å²) >= 11 is 0. The van der Waals surface area contributed by atoms with Gasteiger partial charge in [-0.05, 0) is 74.8 Å². The SMILES string of the molecule is N#Cc1cc(-c2ccc(C#N)cc2-n2c3ccccc3c3cc(C#N)ccc32)cc([Si](c2ccccc2)(c2ccccc2)c2ccccc2)c1. The fourth-order valence-electron chi connectivity index (χ4n) is 7.46. The third-order valence-corrected chi connectivity index (χ3v) is 14.3. The first-order valence-electron chi connectivity index (χ1n) is 16.4. The molecule has 0 spiro atoms. The van der Waals surface area contributed by atoms with Crippen molar-refractivity contribution in [3.05, 3.63) is 187 Å². The molecule has 0 bridgehead atoms. The summed E-state index contributed by atoms with van der Waals surface area (Å²) in [5.41, 5.74) is 6.18. The van der Waals surface area contributed by atoms with E-state index in [-0.39, 0.29) is 0 Å². The Morgan fingerprint density at radius 3 is 1.52 bits per heavy atom. The summed E-state index contributed by atoms with van der Waals surface area (Å²) in [5, 5.41) is 37.1. The molecule has 232 valence electrons. The molecule has 0 aliphatic heterocycles. The van der Waals surface area contributed by atoms with Crippen molar-refractivity contribution >= 4 is 50.6 Å². The van der Waals surface area contributed by atoms with E-state index in [1.807, 2.05) is 72.8 Å². The summed E-state index contributed by atoms with van der Waals surface area (Å²) in [6.07, 6.45) is 0. The van der Waals surface area contributed by atoms with Crippen LogP contribution in [0.2, 0.25) is 0 Å². The number of fused-ring (bicyclic) bond motifs is 3. The van der Waals surface area contributed by atoms with Crippen molar-refractivity contribution in [3.8, 4) is 35.0 Å². The lowest BCUT2D eigenvalue weighted by atomic mass is 9.99. The van der Waals surface area contributed by atoms with E-state index in [1.165, 1.54) is 15.6 Å². The van der Waals surface area contributed by atoms with E-state index in [0.29, 0.717) is 16.7 Å². The lowest BCUT2D eigenvalue weighted by molar-refractivity contribution is 1.18. The summed E-state index contributed by atoms with van der Waals surface area (Å²) in [4.78, 5) is 0. The first-order chi connectivity index (χ1) is 24.6. The second-order valence-corrected chi connectivity index (χ2v) is 16.1. The van der Waals surface area contributed by atoms with E-state index in [4.69, 9.17) is 0 Å². The Morgan fingerprint density at radius 2 is 0.920 bits per heavy atom. The molecule has 4 nitrogen and oxygen atoms in total. The van der Waals surface area contributed by atoms with Gasteiger partial charge in [0.2, 0.25) is 0 Å². The van der Waals surface area contributed by atoms with Crippen LogP contribution in [-0.2, 0) is 0 Å². The van der Waals surface area contributed by atoms with E-state index >= 15 is 0 Å². The molecule has 8 aromatic rings. The number of hydrogen-bond donors (Lipinski definition) is 0. The minimum Gasteiger partial charge on any atom is -0.309 e. The number of hydrogen-bond acceptors (Lipinski definition) is 3. The molecule has 0 N–H and O–H groups in total. The molecule has 8 rings (SSSR count). The molecule has 0 saturated heterocycles. The average Bonchev–Trinajstić information content (AvgIpc) is 3.52. The predicted molar refractivity (Wildman–Crippen MR) is 204 cm³/mol. The molecule has 0 aliphatic rings. The standard InChI is InChI=1S/C45H28N4Si/c46-29-32-21-23-44-42(26-32)41-18-10-11-19-43(41)49(44)45-27-33(30-47)20-22-40(45)35-24-34(31-48)25-39(28-35)50(36-12-4-1-5-13-36,37-14-6-2-7-15-37)38-16-8-3-9-17-38/h1-28H. The van der Waals surface area contributed by atoms with Gasteiger partial charge in [-0.15, -0.1) is 0 Å². The first-order valence-corrected chi connectivity index (χ1v) is 18.4. The largest absolute Gasteiger partial charge is 0.309 e. The maximum atomic E-state index is 10.6. The Morgan fingerprint density at radius 1 is 0.400 bits per heavy atom. The van der Waals surface area contributed by atoms with Gasteiger partial charge < -0.3 is 4.57 Å². The van der Waals surface area contributed by atoms with Gasteiger partial charge in [-0.25, -0.2) is 0 Å². The number of aromatic nitrogens is 1. The molecule has 0 unspecified atom stereocenters. The van der Waals surface area contributed by atoms with Gasteiger partial charge in [-0.3, -0.25) is 0 Å². The second kappa shape index (κ2) is 12.6. The monoisotopic (exact) mass is 652 g/mol. The highest BCUT2D eigenvalue weighted by Crippen LogP contribution is 2.37. The van der Waals surface area contributed by atoms with Crippen LogP contribution in [0, 0.1) is 34.0 Å². The fourth-order valence-corrected chi connectivity index (χ4v) is 12.3. The van der Waals surface area contributed by atoms with Crippen molar-refractivity contribution in [2.45, 2.75) is 0 Å². The number of nitrogens with zero attached hydrogens (tertiary/aromatic N) is 4. The van der Waals surface area contributed by atoms with Gasteiger partial charge >= 0.3 is 0 Å². The van der Waals surface area contributed by atoms with Crippen LogP contribution in [0.1, 0.15) is 16.7 Å². The summed E-state index contributed by atoms with van der Waals surface area (Å²) < 4.78 is 2.18. The minimum absolute atomic E-state index is 0.529. The molecular weight excluding hydrogens is 625 g/mol. The molecule has 0 fully saturated rings. The molecule has 0 aliphatic carbocycles. The smallest absolute Gasteiger partial charge is 0.179 e. The highest BCUT2D eigenvalue weighted by Gasteiger charge is 2.41. The Labute approximate surface area is 291 Å². The molecular formula is C45H28N4Si. The lowest BCUT2D eigenvalue weighted by Gasteiger charge is -2.35. The third-order valence-electron chi connectivity index (χ3n) is 9.60. The van der Waals surface area contributed by atoms with Crippen LogP contribution in [0.4, 0.5) is 0 Å². The van der Waals surface area contributed by atoms with Gasteiger partial charge in [-0.1, -0.05) is 121 Å². The summed E-state index contributed by atoms with van der Waals surface area (Å²) in [5.74, 6) is 0. The number of benzene rings is 7. The number of nitriles is 3. The molecule has 1 heterocycles. The van der Waals surface area contributed by atoms with E-state index in [0.717, 1.165) is 43.8 Å². The van der Waals surface area contributed by atoms with E-state index in [1.54, 1.807) is 0 Å². The van der Waals surface area contributed by atoms with Crippen molar-refractivity contribution in [1.29, 1.82) is 15.8 Å². The van der Waals surface area contributed by atoms with Crippen LogP contribution in [0.5, 0.6) is 0 Å². The Hall–Kier alpha value is -6.97. The quantitative estimate of drug-likeness (QED) is 0.138. The first kappa shape index (κ1) is 30.4. The van der Waals surface area contributed by atoms with Crippen LogP contribution >= 0.6 is 0 Å². The third kappa shape index (κ3) is 4.88. The molecule has 7 aromatic carbocycles. The van der Waals surface area contributed by atoms with E-state index in [2.05, 4.69) is 120 Å². The summed E-state index contributed by atoms with van der Waals surface area (Å²) in [6.45, 7) is 0.